The number of amides is 1. The highest BCUT2D eigenvalue weighted by Gasteiger charge is 2.22. The van der Waals surface area contributed by atoms with E-state index < -0.39 is 18.5 Å². The van der Waals surface area contributed by atoms with Crippen molar-refractivity contribution >= 4 is 40.9 Å². The van der Waals surface area contributed by atoms with Gasteiger partial charge in [-0.15, -0.1) is 0 Å². The van der Waals surface area contributed by atoms with E-state index in [-0.39, 0.29) is 27.9 Å². The molecule has 10 heteroatoms. The lowest BCUT2D eigenvalue weighted by Crippen LogP contribution is -2.22. The molecular weight excluding hydrogens is 399 g/mol. The first-order chi connectivity index (χ1) is 12.9. The molecule has 0 aliphatic carbocycles. The van der Waals surface area contributed by atoms with E-state index >= 15 is 0 Å². The third-order valence-electron chi connectivity index (χ3n) is 3.32. The van der Waals surface area contributed by atoms with Crippen LogP contribution in [0.3, 0.4) is 0 Å². The minimum Gasteiger partial charge on any atom is -0.493 e. The Labute approximate surface area is 165 Å². The smallest absolute Gasteiger partial charge is 0.342 e. The van der Waals surface area contributed by atoms with Crippen molar-refractivity contribution in [3.05, 3.63) is 40.0 Å². The lowest BCUT2D eigenvalue weighted by molar-refractivity contribution is -0.119. The van der Waals surface area contributed by atoms with E-state index in [1.54, 1.807) is 0 Å². The van der Waals surface area contributed by atoms with E-state index in [4.69, 9.17) is 42.1 Å². The molecular formula is C17H16Cl2N2O6. The van der Waals surface area contributed by atoms with Gasteiger partial charge < -0.3 is 24.3 Å². The molecule has 1 heterocycles. The van der Waals surface area contributed by atoms with Gasteiger partial charge in [0.25, 0.3) is 5.91 Å². The van der Waals surface area contributed by atoms with Crippen LogP contribution in [-0.4, -0.2) is 44.8 Å². The van der Waals surface area contributed by atoms with Gasteiger partial charge in [0.2, 0.25) is 5.75 Å². The second-order valence-electron chi connectivity index (χ2n) is 4.99. The maximum atomic E-state index is 12.3. The average Bonchev–Trinajstić information content (AvgIpc) is 2.66. The second kappa shape index (κ2) is 9.29. The predicted molar refractivity (Wildman–Crippen MR) is 99.3 cm³/mol. The van der Waals surface area contributed by atoms with E-state index in [9.17, 15) is 9.59 Å². The number of carbonyl (C=O) groups is 2. The molecule has 0 spiro atoms. The molecule has 0 aliphatic heterocycles. The lowest BCUT2D eigenvalue weighted by Gasteiger charge is -2.15. The van der Waals surface area contributed by atoms with Gasteiger partial charge in [-0.25, -0.2) is 9.78 Å². The highest BCUT2D eigenvalue weighted by atomic mass is 35.5. The molecule has 2 rings (SSSR count). The Balaban J connectivity index is 2.08. The number of aromatic nitrogens is 1. The van der Waals surface area contributed by atoms with Crippen molar-refractivity contribution in [3.8, 4) is 17.2 Å². The Bertz CT molecular complexity index is 860. The van der Waals surface area contributed by atoms with Gasteiger partial charge in [-0.1, -0.05) is 23.2 Å². The number of esters is 1. The van der Waals surface area contributed by atoms with Crippen molar-refractivity contribution < 1.29 is 28.5 Å². The Hall–Kier alpha value is -2.71. The second-order valence-corrected chi connectivity index (χ2v) is 5.83. The van der Waals surface area contributed by atoms with Gasteiger partial charge >= 0.3 is 5.97 Å². The van der Waals surface area contributed by atoms with Crippen LogP contribution in [0.15, 0.2) is 24.4 Å². The van der Waals surface area contributed by atoms with Crippen LogP contribution in [0.1, 0.15) is 10.4 Å². The first kappa shape index (κ1) is 20.6. The number of carbonyl (C=O) groups excluding carboxylic acids is 2. The summed E-state index contributed by atoms with van der Waals surface area (Å²) in [7, 11) is 4.23. The van der Waals surface area contributed by atoms with Gasteiger partial charge in [0.1, 0.15) is 5.56 Å². The summed E-state index contributed by atoms with van der Waals surface area (Å²) in [5, 5.41) is 2.90. The number of ether oxygens (including phenoxy) is 4. The number of halogens is 2. The molecule has 0 fully saturated rings. The molecule has 0 saturated carbocycles. The van der Waals surface area contributed by atoms with Gasteiger partial charge in [-0.2, -0.15) is 0 Å². The van der Waals surface area contributed by atoms with Crippen LogP contribution < -0.4 is 19.5 Å². The van der Waals surface area contributed by atoms with E-state index in [2.05, 4.69) is 10.3 Å². The molecule has 144 valence electrons. The summed E-state index contributed by atoms with van der Waals surface area (Å²) >= 11 is 11.7. The summed E-state index contributed by atoms with van der Waals surface area (Å²) in [6, 6.07) is 4.39. The van der Waals surface area contributed by atoms with Crippen molar-refractivity contribution in [3.63, 3.8) is 0 Å². The van der Waals surface area contributed by atoms with Crippen LogP contribution >= 0.6 is 23.2 Å². The summed E-state index contributed by atoms with van der Waals surface area (Å²) < 4.78 is 20.6. The van der Waals surface area contributed by atoms with Gasteiger partial charge in [0.15, 0.2) is 23.9 Å². The van der Waals surface area contributed by atoms with Gasteiger partial charge in [-0.3, -0.25) is 4.79 Å². The fourth-order valence-corrected chi connectivity index (χ4v) is 2.57. The molecule has 0 unspecified atom stereocenters. The Morgan fingerprint density at radius 1 is 1.07 bits per heavy atom. The molecule has 0 bridgehead atoms. The van der Waals surface area contributed by atoms with Crippen LogP contribution in [0.2, 0.25) is 10.0 Å². The SMILES string of the molecule is COc1ccc(C(=O)OCC(=O)Nc2ncc(Cl)cc2Cl)c(OC)c1OC. The van der Waals surface area contributed by atoms with E-state index in [1.807, 2.05) is 0 Å². The Kier molecular flexibility index (Phi) is 7.09. The molecule has 0 aliphatic rings. The summed E-state index contributed by atoms with van der Waals surface area (Å²) in [6.45, 7) is -0.559. The Morgan fingerprint density at radius 2 is 1.78 bits per heavy atom. The molecule has 8 nitrogen and oxygen atoms in total. The average molecular weight is 415 g/mol. The van der Waals surface area contributed by atoms with Crippen molar-refractivity contribution in [2.75, 3.05) is 33.3 Å². The maximum Gasteiger partial charge on any atom is 0.342 e. The standard InChI is InChI=1S/C17H16Cl2N2O6/c1-24-12-5-4-10(14(25-2)15(12)26-3)17(23)27-8-13(22)21-16-11(19)6-9(18)7-20-16/h4-7H,8H2,1-3H3,(H,20,21,22). The van der Waals surface area contributed by atoms with Crippen LogP contribution in [0.4, 0.5) is 5.82 Å². The largest absolute Gasteiger partial charge is 0.493 e. The first-order valence-electron chi connectivity index (χ1n) is 7.48. The predicted octanol–water partition coefficient (Wildman–Crippen LogP) is 3.21. The number of benzene rings is 1. The van der Waals surface area contributed by atoms with Crippen molar-refractivity contribution in [2.45, 2.75) is 0 Å². The fraction of sp³-hybridized carbons (Fsp3) is 0.235. The van der Waals surface area contributed by atoms with Gasteiger partial charge in [0.05, 0.1) is 31.4 Å². The highest BCUT2D eigenvalue weighted by Crippen LogP contribution is 2.39. The van der Waals surface area contributed by atoms with Crippen LogP contribution in [-0.2, 0) is 9.53 Å². The molecule has 0 atom stereocenters. The van der Waals surface area contributed by atoms with Gasteiger partial charge in [-0.05, 0) is 18.2 Å². The molecule has 0 saturated heterocycles. The number of rotatable bonds is 7. The number of anilines is 1. The van der Waals surface area contributed by atoms with E-state index in [0.29, 0.717) is 10.8 Å². The van der Waals surface area contributed by atoms with Crippen molar-refractivity contribution in [2.24, 2.45) is 0 Å². The molecule has 27 heavy (non-hydrogen) atoms. The topological polar surface area (TPSA) is 96.0 Å². The minimum absolute atomic E-state index is 0.0746. The maximum absolute atomic E-state index is 12.3. The van der Waals surface area contributed by atoms with E-state index in [0.717, 1.165) is 0 Å². The molecule has 1 amide bonds. The third-order valence-corrected chi connectivity index (χ3v) is 3.82. The van der Waals surface area contributed by atoms with Crippen LogP contribution in [0, 0.1) is 0 Å². The fourth-order valence-electron chi connectivity index (χ4n) is 2.15. The highest BCUT2D eigenvalue weighted by molar-refractivity contribution is 6.36. The normalized spacial score (nSPS) is 10.1. The Morgan fingerprint density at radius 3 is 2.37 bits per heavy atom. The summed E-state index contributed by atoms with van der Waals surface area (Å²) in [4.78, 5) is 28.2. The number of hydrogen-bond acceptors (Lipinski definition) is 7. The zero-order chi connectivity index (χ0) is 20.0. The van der Waals surface area contributed by atoms with E-state index in [1.165, 1.54) is 45.7 Å². The number of pyridine rings is 1. The van der Waals surface area contributed by atoms with Crippen LogP contribution in [0.25, 0.3) is 0 Å². The van der Waals surface area contributed by atoms with Crippen molar-refractivity contribution in [1.82, 2.24) is 4.98 Å². The number of nitrogens with one attached hydrogen (secondary N) is 1. The van der Waals surface area contributed by atoms with Crippen LogP contribution in [0.5, 0.6) is 17.2 Å². The number of nitrogens with zero attached hydrogens (tertiary/aromatic N) is 1. The molecule has 2 aromatic rings. The quantitative estimate of drug-likeness (QED) is 0.694. The zero-order valence-electron chi connectivity index (χ0n) is 14.7. The minimum atomic E-state index is -0.780. The third kappa shape index (κ3) is 4.93. The summed E-state index contributed by atoms with van der Waals surface area (Å²) in [5.74, 6) is -0.559. The molecule has 1 aromatic heterocycles. The monoisotopic (exact) mass is 414 g/mol. The van der Waals surface area contributed by atoms with Crippen molar-refractivity contribution in [1.29, 1.82) is 0 Å². The number of methoxy groups -OCH3 is 3. The molecule has 1 aromatic carbocycles. The molecule has 0 radical (unpaired) electrons. The first-order valence-corrected chi connectivity index (χ1v) is 8.23. The summed E-state index contributed by atoms with van der Waals surface area (Å²) in [6.07, 6.45) is 1.32. The van der Waals surface area contributed by atoms with Gasteiger partial charge in [0, 0.05) is 6.20 Å². The molecule has 1 N–H and O–H groups in total. The number of hydrogen-bond donors (Lipinski definition) is 1. The summed E-state index contributed by atoms with van der Waals surface area (Å²) in [5.41, 5.74) is 0.0746. The lowest BCUT2D eigenvalue weighted by atomic mass is 10.1. The zero-order valence-corrected chi connectivity index (χ0v) is 16.2.